The molecule has 1 unspecified atom stereocenters. The molecule has 3 N–H and O–H groups in total. The number of carbonyl (C=O) groups is 3. The first-order valence-corrected chi connectivity index (χ1v) is 11.1. The normalized spacial score (nSPS) is 18.1. The molecule has 1 atom stereocenters. The number of nitrogens with two attached hydrogens (primary N) is 1. The number of nitrogens with one attached hydrogen (secondary N) is 1. The summed E-state index contributed by atoms with van der Waals surface area (Å²) in [5, 5.41) is 3.28. The van der Waals surface area contributed by atoms with Crippen LogP contribution in [0.25, 0.3) is 0 Å². The Balaban J connectivity index is 1.56. The number of hydrogen-bond acceptors (Lipinski definition) is 6. The molecule has 2 aromatic heterocycles. The lowest BCUT2D eigenvalue weighted by Crippen LogP contribution is -2.44. The average Bonchev–Trinajstić information content (AvgIpc) is 3.06. The number of nitrogens with zero attached hydrogens (tertiary/aromatic N) is 2. The predicted molar refractivity (Wildman–Crippen MR) is 119 cm³/mol. The molecule has 2 aromatic rings. The van der Waals surface area contributed by atoms with Crippen molar-refractivity contribution >= 4 is 39.9 Å². The van der Waals surface area contributed by atoms with Crippen molar-refractivity contribution in [2.75, 3.05) is 23.4 Å². The van der Waals surface area contributed by atoms with E-state index in [2.05, 4.69) is 31.1 Å². The van der Waals surface area contributed by atoms with Gasteiger partial charge in [0.25, 0.3) is 11.8 Å². The van der Waals surface area contributed by atoms with Gasteiger partial charge in [0.05, 0.1) is 5.56 Å². The zero-order valence-electron chi connectivity index (χ0n) is 17.9. The third kappa shape index (κ3) is 4.14. The molecule has 0 spiro atoms. The molecular weight excluding hydrogens is 416 g/mol. The van der Waals surface area contributed by atoms with Crippen molar-refractivity contribution in [1.29, 1.82) is 0 Å². The van der Waals surface area contributed by atoms with Crippen LogP contribution in [0.4, 0.5) is 10.8 Å². The zero-order valence-corrected chi connectivity index (χ0v) is 18.7. The lowest BCUT2D eigenvalue weighted by Gasteiger charge is -2.33. The van der Waals surface area contributed by atoms with Gasteiger partial charge in [0.1, 0.15) is 11.5 Å². The van der Waals surface area contributed by atoms with E-state index in [1.54, 1.807) is 12.1 Å². The van der Waals surface area contributed by atoms with Crippen LogP contribution in [-0.4, -0.2) is 35.9 Å². The second kappa shape index (κ2) is 7.96. The van der Waals surface area contributed by atoms with Crippen LogP contribution in [0.2, 0.25) is 0 Å². The minimum Gasteiger partial charge on any atom is -0.480 e. The molecule has 9 heteroatoms. The molecule has 1 aliphatic heterocycles. The predicted octanol–water partition coefficient (Wildman–Crippen LogP) is 2.76. The summed E-state index contributed by atoms with van der Waals surface area (Å²) in [5.74, 6) is -0.0571. The van der Waals surface area contributed by atoms with Crippen LogP contribution < -0.4 is 20.7 Å². The summed E-state index contributed by atoms with van der Waals surface area (Å²) in [6, 6.07) is 3.40. The quantitative estimate of drug-likeness (QED) is 0.756. The van der Waals surface area contributed by atoms with E-state index in [1.807, 2.05) is 0 Å². The summed E-state index contributed by atoms with van der Waals surface area (Å²) >= 11 is 1.41. The van der Waals surface area contributed by atoms with Crippen LogP contribution in [0.1, 0.15) is 48.0 Å². The summed E-state index contributed by atoms with van der Waals surface area (Å²) in [6.45, 7) is 6.29. The lowest BCUT2D eigenvalue weighted by atomic mass is 9.72. The van der Waals surface area contributed by atoms with Crippen molar-refractivity contribution < 1.29 is 19.1 Å². The Hall–Kier alpha value is -2.94. The van der Waals surface area contributed by atoms with E-state index in [0.29, 0.717) is 28.0 Å². The van der Waals surface area contributed by atoms with Gasteiger partial charge in [0.2, 0.25) is 5.91 Å². The van der Waals surface area contributed by atoms with Crippen LogP contribution in [-0.2, 0) is 22.4 Å². The molecule has 31 heavy (non-hydrogen) atoms. The van der Waals surface area contributed by atoms with E-state index in [0.717, 1.165) is 29.7 Å². The van der Waals surface area contributed by atoms with E-state index in [4.69, 9.17) is 10.5 Å². The molecule has 8 nitrogen and oxygen atoms in total. The van der Waals surface area contributed by atoms with E-state index in [-0.39, 0.29) is 24.5 Å². The highest BCUT2D eigenvalue weighted by atomic mass is 32.1. The highest BCUT2D eigenvalue weighted by Crippen LogP contribution is 2.44. The Morgan fingerprint density at radius 1 is 1.39 bits per heavy atom. The molecule has 0 bridgehead atoms. The van der Waals surface area contributed by atoms with Crippen LogP contribution in [0.5, 0.6) is 5.75 Å². The number of hydrogen-bond donors (Lipinski definition) is 2. The first-order valence-electron chi connectivity index (χ1n) is 10.3. The first kappa shape index (κ1) is 21.3. The lowest BCUT2D eigenvalue weighted by molar-refractivity contribution is -0.123. The van der Waals surface area contributed by atoms with Gasteiger partial charge in [-0.2, -0.15) is 0 Å². The Bertz CT molecular complexity index is 1060. The molecule has 0 saturated carbocycles. The van der Waals surface area contributed by atoms with Crippen LogP contribution >= 0.6 is 11.3 Å². The fourth-order valence-corrected chi connectivity index (χ4v) is 5.53. The molecule has 0 aromatic carbocycles. The standard InChI is InChI=1S/C22H26N4O4S/c1-22(2,3)12-6-7-13-15(9-12)31-21(18(13)19(23)29)25-16(27)10-26-17(28)11-30-14-5-4-8-24-20(14)26/h4-5,8,12H,6-7,9-11H2,1-3H3,(H2,23,29)(H,25,27). The largest absolute Gasteiger partial charge is 0.480 e. The molecular formula is C22H26N4O4S. The van der Waals surface area contributed by atoms with Crippen molar-refractivity contribution in [2.24, 2.45) is 17.1 Å². The van der Waals surface area contributed by atoms with Gasteiger partial charge in [-0.3, -0.25) is 19.3 Å². The molecule has 3 amide bonds. The monoisotopic (exact) mass is 442 g/mol. The smallest absolute Gasteiger partial charge is 0.266 e. The second-order valence-corrected chi connectivity index (χ2v) is 10.1. The van der Waals surface area contributed by atoms with Crippen LogP contribution in [0, 0.1) is 11.3 Å². The molecule has 3 heterocycles. The van der Waals surface area contributed by atoms with Gasteiger partial charge >= 0.3 is 0 Å². The van der Waals surface area contributed by atoms with Gasteiger partial charge in [-0.1, -0.05) is 20.8 Å². The topological polar surface area (TPSA) is 115 Å². The zero-order chi connectivity index (χ0) is 22.3. The SMILES string of the molecule is CC(C)(C)C1CCc2c(sc(NC(=O)CN3C(=O)COc4cccnc43)c2C(N)=O)C1. The number of anilines is 2. The third-order valence-corrected chi connectivity index (χ3v) is 7.12. The Morgan fingerprint density at radius 3 is 2.87 bits per heavy atom. The Morgan fingerprint density at radius 2 is 2.16 bits per heavy atom. The first-order chi connectivity index (χ1) is 14.6. The van der Waals surface area contributed by atoms with Gasteiger partial charge < -0.3 is 15.8 Å². The summed E-state index contributed by atoms with van der Waals surface area (Å²) in [6.07, 6.45) is 4.14. The second-order valence-electron chi connectivity index (χ2n) is 9.02. The van der Waals surface area contributed by atoms with E-state index in [9.17, 15) is 14.4 Å². The minimum atomic E-state index is -0.545. The van der Waals surface area contributed by atoms with Gasteiger partial charge in [-0.15, -0.1) is 11.3 Å². The maximum atomic E-state index is 12.8. The van der Waals surface area contributed by atoms with Crippen molar-refractivity contribution in [2.45, 2.75) is 40.0 Å². The number of pyridine rings is 1. The fourth-order valence-electron chi connectivity index (χ4n) is 4.18. The molecule has 0 fully saturated rings. The van der Waals surface area contributed by atoms with Gasteiger partial charge in [0, 0.05) is 11.1 Å². The molecule has 164 valence electrons. The van der Waals surface area contributed by atoms with E-state index < -0.39 is 11.8 Å². The van der Waals surface area contributed by atoms with Gasteiger partial charge in [-0.25, -0.2) is 4.98 Å². The number of rotatable bonds is 4. The van der Waals surface area contributed by atoms with Crippen molar-refractivity contribution in [1.82, 2.24) is 4.98 Å². The Kier molecular flexibility index (Phi) is 5.47. The maximum Gasteiger partial charge on any atom is 0.266 e. The average molecular weight is 443 g/mol. The number of primary amides is 1. The number of thiophene rings is 1. The fraction of sp³-hybridized carbons (Fsp3) is 0.455. The third-order valence-electron chi connectivity index (χ3n) is 5.95. The highest BCUT2D eigenvalue weighted by molar-refractivity contribution is 7.17. The number of fused-ring (bicyclic) bond motifs is 2. The highest BCUT2D eigenvalue weighted by Gasteiger charge is 2.34. The number of ether oxygens (including phenoxy) is 1. The number of aromatic nitrogens is 1. The summed E-state index contributed by atoms with van der Waals surface area (Å²) < 4.78 is 5.36. The molecule has 2 aliphatic rings. The van der Waals surface area contributed by atoms with Crippen molar-refractivity contribution in [3.63, 3.8) is 0 Å². The molecule has 0 saturated heterocycles. The minimum absolute atomic E-state index is 0.153. The summed E-state index contributed by atoms with van der Waals surface area (Å²) in [5.41, 5.74) is 7.18. The van der Waals surface area contributed by atoms with E-state index >= 15 is 0 Å². The molecule has 0 radical (unpaired) electrons. The maximum absolute atomic E-state index is 12.8. The van der Waals surface area contributed by atoms with Crippen molar-refractivity contribution in [3.05, 3.63) is 34.3 Å². The molecule has 1 aliphatic carbocycles. The summed E-state index contributed by atoms with van der Waals surface area (Å²) in [7, 11) is 0. The number of amides is 3. The van der Waals surface area contributed by atoms with E-state index in [1.165, 1.54) is 22.4 Å². The molecule has 4 rings (SSSR count). The van der Waals surface area contributed by atoms with Crippen LogP contribution in [0.15, 0.2) is 18.3 Å². The van der Waals surface area contributed by atoms with Crippen molar-refractivity contribution in [3.8, 4) is 5.75 Å². The van der Waals surface area contributed by atoms with Gasteiger partial charge in [0.15, 0.2) is 18.2 Å². The van der Waals surface area contributed by atoms with Crippen LogP contribution in [0.3, 0.4) is 0 Å². The Labute approximate surface area is 184 Å². The van der Waals surface area contributed by atoms with Gasteiger partial charge in [-0.05, 0) is 48.3 Å². The summed E-state index contributed by atoms with van der Waals surface area (Å²) in [4.78, 5) is 43.9. The number of carbonyl (C=O) groups excluding carboxylic acids is 3.